The van der Waals surface area contributed by atoms with Crippen molar-refractivity contribution < 1.29 is 19.8 Å². The van der Waals surface area contributed by atoms with Gasteiger partial charge in [0.2, 0.25) is 5.91 Å². The second-order valence-corrected chi connectivity index (χ2v) is 2.14. The summed E-state index contributed by atoms with van der Waals surface area (Å²) in [5, 5.41) is 17.1. The van der Waals surface area contributed by atoms with E-state index < -0.39 is 18.1 Å². The quantitative estimate of drug-likeness (QED) is 0.470. The van der Waals surface area contributed by atoms with Gasteiger partial charge in [-0.25, -0.2) is 9.69 Å². The lowest BCUT2D eigenvalue weighted by Crippen LogP contribution is -2.31. The smallest absolute Gasteiger partial charge is 0.414 e. The normalized spacial score (nSPS) is 25.5. The lowest BCUT2D eigenvalue weighted by atomic mass is 10.3. The Morgan fingerprint density at radius 3 is 2.50 bits per heavy atom. The highest BCUT2D eigenvalue weighted by Crippen LogP contribution is 2.09. The highest BCUT2D eigenvalue weighted by Gasteiger charge is 2.32. The molecule has 0 saturated carbocycles. The van der Waals surface area contributed by atoms with Crippen LogP contribution >= 0.6 is 0 Å². The van der Waals surface area contributed by atoms with Crippen molar-refractivity contribution in [3.63, 3.8) is 0 Å². The third kappa shape index (κ3) is 1.08. The average Bonchev–Trinajstić information content (AvgIpc) is 2.10. The minimum atomic E-state index is -1.29. The fraction of sp³-hybridized carbons (Fsp3) is 0.600. The number of aliphatic hydroxyl groups excluding tert-OH is 1. The van der Waals surface area contributed by atoms with Gasteiger partial charge in [0.05, 0.1) is 19.1 Å². The molecule has 0 aromatic rings. The van der Waals surface area contributed by atoms with E-state index in [9.17, 15) is 9.59 Å². The fourth-order valence-corrected chi connectivity index (χ4v) is 0.874. The van der Waals surface area contributed by atoms with Crippen LogP contribution in [0.4, 0.5) is 4.79 Å². The van der Waals surface area contributed by atoms with Crippen LogP contribution in [0.3, 0.4) is 0 Å². The van der Waals surface area contributed by atoms with Crippen LogP contribution in [0.2, 0.25) is 0 Å². The van der Waals surface area contributed by atoms with Crippen molar-refractivity contribution in [3.05, 3.63) is 0 Å². The van der Waals surface area contributed by atoms with E-state index in [0.717, 1.165) is 0 Å². The zero-order valence-corrected chi connectivity index (χ0v) is 5.15. The summed E-state index contributed by atoms with van der Waals surface area (Å²) in [5.41, 5.74) is 0. The lowest BCUT2D eigenvalue weighted by molar-refractivity contribution is -0.126. The van der Waals surface area contributed by atoms with Crippen LogP contribution in [0.15, 0.2) is 0 Å². The number of hydrogen-bond acceptors (Lipinski definition) is 3. The summed E-state index contributed by atoms with van der Waals surface area (Å²) in [6.07, 6.45) is -2.18. The van der Waals surface area contributed by atoms with Gasteiger partial charge >= 0.3 is 6.09 Å². The maximum atomic E-state index is 10.6. The molecule has 0 aromatic carbocycles. The minimum Gasteiger partial charge on any atom is -0.465 e. The molecule has 0 aliphatic carbocycles. The zero-order valence-electron chi connectivity index (χ0n) is 5.15. The number of hydrogen-bond donors (Lipinski definition) is 2. The lowest BCUT2D eigenvalue weighted by Gasteiger charge is -2.06. The molecule has 1 heterocycles. The summed E-state index contributed by atoms with van der Waals surface area (Å²) >= 11 is 0. The maximum Gasteiger partial charge on any atom is 0.414 e. The third-order valence-electron chi connectivity index (χ3n) is 1.34. The molecule has 0 bridgehead atoms. The highest BCUT2D eigenvalue weighted by atomic mass is 16.4. The van der Waals surface area contributed by atoms with Gasteiger partial charge < -0.3 is 10.2 Å². The number of β-amino-alcohol motifs (C(OH)–C–C–N with tert-alkyl or cyclic N) is 1. The number of imide groups is 1. The van der Waals surface area contributed by atoms with E-state index in [4.69, 9.17) is 10.2 Å². The SMILES string of the molecule is O=C(O)N1CC(O)CC1=O. The molecular weight excluding hydrogens is 138 g/mol. The van der Waals surface area contributed by atoms with Crippen LogP contribution in [0, 0.1) is 0 Å². The number of amides is 2. The Morgan fingerprint density at radius 2 is 2.30 bits per heavy atom. The molecule has 1 rings (SSSR count). The zero-order chi connectivity index (χ0) is 7.72. The number of aliphatic hydroxyl groups is 1. The first-order valence-electron chi connectivity index (χ1n) is 2.82. The second-order valence-electron chi connectivity index (χ2n) is 2.14. The molecule has 1 aliphatic rings. The Balaban J connectivity index is 2.63. The molecule has 2 N–H and O–H groups in total. The first kappa shape index (κ1) is 7.01. The van der Waals surface area contributed by atoms with Crippen molar-refractivity contribution in [2.45, 2.75) is 12.5 Å². The molecule has 1 aliphatic heterocycles. The van der Waals surface area contributed by atoms with Gasteiger partial charge in [0.25, 0.3) is 0 Å². The molecule has 1 fully saturated rings. The van der Waals surface area contributed by atoms with Gasteiger partial charge in [-0.3, -0.25) is 4.79 Å². The van der Waals surface area contributed by atoms with Gasteiger partial charge in [0, 0.05) is 0 Å². The molecular formula is C5H7NO4. The standard InChI is InChI=1S/C5H7NO4/c7-3-1-4(8)6(2-3)5(9)10/h3,7H,1-2H2,(H,9,10). The number of carboxylic acid groups (broad SMARTS) is 1. The van der Waals surface area contributed by atoms with Gasteiger partial charge in [-0.2, -0.15) is 0 Å². The van der Waals surface area contributed by atoms with Crippen molar-refractivity contribution in [2.75, 3.05) is 6.54 Å². The summed E-state index contributed by atoms with van der Waals surface area (Å²) in [6, 6.07) is 0. The predicted octanol–water partition coefficient (Wildman–Crippen LogP) is -0.742. The molecule has 1 unspecified atom stereocenters. The van der Waals surface area contributed by atoms with Crippen LogP contribution in [0.1, 0.15) is 6.42 Å². The summed E-state index contributed by atoms with van der Waals surface area (Å²) in [4.78, 5) is 21.4. The molecule has 5 heteroatoms. The van der Waals surface area contributed by atoms with E-state index in [0.29, 0.717) is 4.90 Å². The molecule has 56 valence electrons. The molecule has 1 saturated heterocycles. The van der Waals surface area contributed by atoms with Gasteiger partial charge in [-0.1, -0.05) is 0 Å². The summed E-state index contributed by atoms with van der Waals surface area (Å²) < 4.78 is 0. The third-order valence-corrected chi connectivity index (χ3v) is 1.34. The Bertz CT molecular complexity index is 178. The van der Waals surface area contributed by atoms with Crippen molar-refractivity contribution in [3.8, 4) is 0 Å². The van der Waals surface area contributed by atoms with E-state index in [1.807, 2.05) is 0 Å². The van der Waals surface area contributed by atoms with Crippen molar-refractivity contribution in [1.29, 1.82) is 0 Å². The minimum absolute atomic E-state index is 0.0771. The number of carbonyl (C=O) groups excluding carboxylic acids is 1. The fourth-order valence-electron chi connectivity index (χ4n) is 0.874. The van der Waals surface area contributed by atoms with Crippen molar-refractivity contribution in [2.24, 2.45) is 0 Å². The van der Waals surface area contributed by atoms with E-state index in [1.165, 1.54) is 0 Å². The first-order valence-corrected chi connectivity index (χ1v) is 2.82. The molecule has 0 aromatic heterocycles. The van der Waals surface area contributed by atoms with Gasteiger partial charge in [-0.05, 0) is 0 Å². The maximum absolute atomic E-state index is 10.6. The summed E-state index contributed by atoms with van der Waals surface area (Å²) in [5.74, 6) is -0.528. The number of carbonyl (C=O) groups is 2. The Labute approximate surface area is 56.9 Å². The summed E-state index contributed by atoms with van der Waals surface area (Å²) in [7, 11) is 0. The van der Waals surface area contributed by atoms with Crippen molar-refractivity contribution >= 4 is 12.0 Å². The Morgan fingerprint density at radius 1 is 1.70 bits per heavy atom. The van der Waals surface area contributed by atoms with Crippen LogP contribution in [-0.4, -0.2) is 39.8 Å². The van der Waals surface area contributed by atoms with Crippen LogP contribution in [-0.2, 0) is 4.79 Å². The number of nitrogens with zero attached hydrogens (tertiary/aromatic N) is 1. The van der Waals surface area contributed by atoms with Crippen LogP contribution < -0.4 is 0 Å². The molecule has 10 heavy (non-hydrogen) atoms. The van der Waals surface area contributed by atoms with Gasteiger partial charge in [0.1, 0.15) is 0 Å². The monoisotopic (exact) mass is 145 g/mol. The van der Waals surface area contributed by atoms with Crippen molar-refractivity contribution in [1.82, 2.24) is 4.90 Å². The second kappa shape index (κ2) is 2.26. The first-order chi connectivity index (χ1) is 4.61. The average molecular weight is 145 g/mol. The predicted molar refractivity (Wildman–Crippen MR) is 30.4 cm³/mol. The molecule has 0 radical (unpaired) electrons. The summed E-state index contributed by atoms with van der Waals surface area (Å²) in [6.45, 7) is -0.0891. The largest absolute Gasteiger partial charge is 0.465 e. The van der Waals surface area contributed by atoms with E-state index in [-0.39, 0.29) is 13.0 Å². The number of rotatable bonds is 0. The van der Waals surface area contributed by atoms with E-state index in [2.05, 4.69) is 0 Å². The van der Waals surface area contributed by atoms with Gasteiger partial charge in [-0.15, -0.1) is 0 Å². The van der Waals surface area contributed by atoms with Crippen LogP contribution in [0.25, 0.3) is 0 Å². The topological polar surface area (TPSA) is 77.8 Å². The Hall–Kier alpha value is -1.10. The molecule has 5 nitrogen and oxygen atoms in total. The van der Waals surface area contributed by atoms with Crippen LogP contribution in [0.5, 0.6) is 0 Å². The van der Waals surface area contributed by atoms with E-state index in [1.54, 1.807) is 0 Å². The molecule has 0 spiro atoms. The number of likely N-dealkylation sites (tertiary alicyclic amines) is 1. The molecule has 1 atom stereocenters. The van der Waals surface area contributed by atoms with Gasteiger partial charge in [0.15, 0.2) is 0 Å². The Kier molecular flexibility index (Phi) is 1.58. The molecule has 2 amide bonds. The highest BCUT2D eigenvalue weighted by molar-refractivity contribution is 5.93. The van der Waals surface area contributed by atoms with E-state index >= 15 is 0 Å².